The summed E-state index contributed by atoms with van der Waals surface area (Å²) in [6.45, 7) is 5.71. The minimum atomic E-state index is 0.103. The number of hydrogen-bond acceptors (Lipinski definition) is 4. The van der Waals surface area contributed by atoms with E-state index >= 15 is 0 Å². The quantitative estimate of drug-likeness (QED) is 0.657. The van der Waals surface area contributed by atoms with E-state index in [-0.39, 0.29) is 11.8 Å². The lowest BCUT2D eigenvalue weighted by Crippen LogP contribution is -2.52. The van der Waals surface area contributed by atoms with Crippen molar-refractivity contribution < 1.29 is 9.59 Å². The van der Waals surface area contributed by atoms with Crippen LogP contribution in [0.4, 0.5) is 0 Å². The van der Waals surface area contributed by atoms with Crippen LogP contribution in [0, 0.1) is 0 Å². The lowest BCUT2D eigenvalue weighted by molar-refractivity contribution is -0.138. The van der Waals surface area contributed by atoms with Crippen LogP contribution in [0.5, 0.6) is 0 Å². The second-order valence-electron chi connectivity index (χ2n) is 5.01. The molecule has 2 aliphatic heterocycles. The number of carbonyl (C=O) groups excluding carboxylic acids is 2. The summed E-state index contributed by atoms with van der Waals surface area (Å²) >= 11 is 0. The lowest BCUT2D eigenvalue weighted by atomic mass is 10.3. The van der Waals surface area contributed by atoms with E-state index in [9.17, 15) is 9.59 Å². The summed E-state index contributed by atoms with van der Waals surface area (Å²) in [5.74, 6) is 0.252. The molecule has 0 bridgehead atoms. The zero-order valence-electron chi connectivity index (χ0n) is 11.0. The van der Waals surface area contributed by atoms with Gasteiger partial charge in [-0.15, -0.1) is 0 Å². The van der Waals surface area contributed by atoms with Crippen LogP contribution in [0.15, 0.2) is 0 Å². The van der Waals surface area contributed by atoms with Gasteiger partial charge in [-0.1, -0.05) is 0 Å². The van der Waals surface area contributed by atoms with Crippen molar-refractivity contribution in [3.05, 3.63) is 0 Å². The molecule has 2 rings (SSSR count). The third-order valence-electron chi connectivity index (χ3n) is 3.59. The number of hydrogen-bond donors (Lipinski definition) is 1. The second-order valence-corrected chi connectivity index (χ2v) is 5.01. The summed E-state index contributed by atoms with van der Waals surface area (Å²) in [7, 11) is 1.81. The van der Waals surface area contributed by atoms with Crippen LogP contribution in [-0.2, 0) is 9.59 Å². The maximum atomic E-state index is 12.1. The molecule has 0 aliphatic carbocycles. The smallest absolute Gasteiger partial charge is 0.236 e. The van der Waals surface area contributed by atoms with E-state index in [1.54, 1.807) is 4.90 Å². The SMILES string of the molecule is CN1CCN(CC(=O)N2CCCNCC2)CC1=O. The zero-order chi connectivity index (χ0) is 13.0. The fraction of sp³-hybridized carbons (Fsp3) is 0.833. The van der Waals surface area contributed by atoms with Crippen LogP contribution in [-0.4, -0.2) is 85.9 Å². The summed E-state index contributed by atoms with van der Waals surface area (Å²) < 4.78 is 0. The number of nitrogens with one attached hydrogen (secondary N) is 1. The van der Waals surface area contributed by atoms with Crippen LogP contribution in [0.3, 0.4) is 0 Å². The molecule has 0 unspecified atom stereocenters. The summed E-state index contributed by atoms with van der Waals surface area (Å²) in [4.78, 5) is 29.3. The molecule has 1 N–H and O–H groups in total. The normalized spacial score (nSPS) is 23.1. The molecule has 0 aromatic carbocycles. The molecule has 0 aromatic heterocycles. The standard InChI is InChI=1S/C12H22N4O2/c1-14-7-8-15(9-11(14)17)10-12(18)16-5-2-3-13-4-6-16/h13H,2-10H2,1H3. The monoisotopic (exact) mass is 254 g/mol. The first-order valence-corrected chi connectivity index (χ1v) is 6.61. The summed E-state index contributed by atoms with van der Waals surface area (Å²) in [5, 5.41) is 3.28. The van der Waals surface area contributed by atoms with Crippen molar-refractivity contribution in [1.82, 2.24) is 20.0 Å². The van der Waals surface area contributed by atoms with Gasteiger partial charge >= 0.3 is 0 Å². The van der Waals surface area contributed by atoms with E-state index in [2.05, 4.69) is 5.32 Å². The molecule has 6 nitrogen and oxygen atoms in total. The van der Waals surface area contributed by atoms with Gasteiger partial charge in [-0.3, -0.25) is 14.5 Å². The number of nitrogens with zero attached hydrogens (tertiary/aromatic N) is 3. The first kappa shape index (κ1) is 13.3. The third kappa shape index (κ3) is 3.43. The highest BCUT2D eigenvalue weighted by atomic mass is 16.2. The molecule has 0 aromatic rings. The highest BCUT2D eigenvalue weighted by Crippen LogP contribution is 2.03. The molecule has 18 heavy (non-hydrogen) atoms. The summed E-state index contributed by atoms with van der Waals surface area (Å²) in [6.07, 6.45) is 1.01. The van der Waals surface area contributed by atoms with E-state index in [1.165, 1.54) is 0 Å². The van der Waals surface area contributed by atoms with Gasteiger partial charge in [0.1, 0.15) is 0 Å². The van der Waals surface area contributed by atoms with Crippen LogP contribution in [0.2, 0.25) is 0 Å². The van der Waals surface area contributed by atoms with Gasteiger partial charge in [-0.2, -0.15) is 0 Å². The first-order valence-electron chi connectivity index (χ1n) is 6.61. The number of amides is 2. The molecule has 102 valence electrons. The van der Waals surface area contributed by atoms with Crippen LogP contribution in [0.25, 0.3) is 0 Å². The van der Waals surface area contributed by atoms with E-state index in [4.69, 9.17) is 0 Å². The molecular weight excluding hydrogens is 232 g/mol. The maximum Gasteiger partial charge on any atom is 0.236 e. The number of rotatable bonds is 2. The van der Waals surface area contributed by atoms with E-state index in [1.807, 2.05) is 16.8 Å². The van der Waals surface area contributed by atoms with Crippen molar-refractivity contribution in [2.45, 2.75) is 6.42 Å². The Kier molecular flexibility index (Phi) is 4.54. The minimum absolute atomic E-state index is 0.103. The Hall–Kier alpha value is -1.14. The molecule has 2 amide bonds. The highest BCUT2D eigenvalue weighted by molar-refractivity contribution is 5.81. The Morgan fingerprint density at radius 2 is 2.06 bits per heavy atom. The molecule has 6 heteroatoms. The number of carbonyl (C=O) groups is 2. The molecule has 2 saturated heterocycles. The van der Waals surface area contributed by atoms with Gasteiger partial charge in [0.15, 0.2) is 0 Å². The van der Waals surface area contributed by atoms with Crippen molar-refractivity contribution in [2.24, 2.45) is 0 Å². The second kappa shape index (κ2) is 6.15. The van der Waals surface area contributed by atoms with Gasteiger partial charge in [-0.05, 0) is 13.0 Å². The minimum Gasteiger partial charge on any atom is -0.343 e. The van der Waals surface area contributed by atoms with E-state index < -0.39 is 0 Å². The Morgan fingerprint density at radius 3 is 2.83 bits per heavy atom. The van der Waals surface area contributed by atoms with Crippen molar-refractivity contribution in [3.63, 3.8) is 0 Å². The Bertz CT molecular complexity index is 313. The van der Waals surface area contributed by atoms with Gasteiger partial charge < -0.3 is 15.1 Å². The van der Waals surface area contributed by atoms with Gasteiger partial charge in [0.2, 0.25) is 11.8 Å². The molecule has 0 saturated carbocycles. The van der Waals surface area contributed by atoms with Crippen molar-refractivity contribution in [1.29, 1.82) is 0 Å². The van der Waals surface area contributed by atoms with Crippen LogP contribution in [0.1, 0.15) is 6.42 Å². The average molecular weight is 254 g/mol. The third-order valence-corrected chi connectivity index (χ3v) is 3.59. The summed E-state index contributed by atoms with van der Waals surface area (Å²) in [6, 6.07) is 0. The van der Waals surface area contributed by atoms with Gasteiger partial charge in [0.25, 0.3) is 0 Å². The Balaban J connectivity index is 1.81. The highest BCUT2D eigenvalue weighted by Gasteiger charge is 2.24. The fourth-order valence-corrected chi connectivity index (χ4v) is 2.33. The molecule has 0 radical (unpaired) electrons. The van der Waals surface area contributed by atoms with Crippen LogP contribution < -0.4 is 5.32 Å². The molecule has 2 fully saturated rings. The molecule has 2 heterocycles. The van der Waals surface area contributed by atoms with Crippen LogP contribution >= 0.6 is 0 Å². The summed E-state index contributed by atoms with van der Waals surface area (Å²) in [5.41, 5.74) is 0. The van der Waals surface area contributed by atoms with Gasteiger partial charge in [0, 0.05) is 39.8 Å². The van der Waals surface area contributed by atoms with E-state index in [0.29, 0.717) is 19.6 Å². The zero-order valence-corrected chi connectivity index (χ0v) is 11.0. The largest absolute Gasteiger partial charge is 0.343 e. The molecule has 0 spiro atoms. The molecule has 2 aliphatic rings. The van der Waals surface area contributed by atoms with Crippen molar-refractivity contribution in [3.8, 4) is 0 Å². The topological polar surface area (TPSA) is 55.9 Å². The van der Waals surface area contributed by atoms with Crippen molar-refractivity contribution in [2.75, 3.05) is 59.4 Å². The van der Waals surface area contributed by atoms with Gasteiger partial charge in [0.05, 0.1) is 13.1 Å². The maximum absolute atomic E-state index is 12.1. The molecule has 0 atom stereocenters. The van der Waals surface area contributed by atoms with Gasteiger partial charge in [-0.25, -0.2) is 0 Å². The predicted octanol–water partition coefficient (Wildman–Crippen LogP) is -1.42. The lowest BCUT2D eigenvalue weighted by Gasteiger charge is -2.32. The van der Waals surface area contributed by atoms with Crippen molar-refractivity contribution >= 4 is 11.8 Å². The predicted molar refractivity (Wildman–Crippen MR) is 68.1 cm³/mol. The fourth-order valence-electron chi connectivity index (χ4n) is 2.33. The Morgan fingerprint density at radius 1 is 1.22 bits per heavy atom. The molecular formula is C12H22N4O2. The average Bonchev–Trinajstić information content (AvgIpc) is 2.62. The van der Waals surface area contributed by atoms with E-state index in [0.717, 1.165) is 39.1 Å². The number of likely N-dealkylation sites (N-methyl/N-ethyl adjacent to an activating group) is 1. The number of piperazine rings is 1. The Labute approximate surface area is 108 Å². The first-order chi connectivity index (χ1) is 8.66.